The minimum absolute atomic E-state index is 0.0235. The van der Waals surface area contributed by atoms with Crippen LogP contribution in [0.5, 0.6) is 17.2 Å². The molecule has 102 valence electrons. The lowest BCUT2D eigenvalue weighted by molar-refractivity contribution is 0.450. The van der Waals surface area contributed by atoms with Crippen molar-refractivity contribution >= 4 is 12.2 Å². The van der Waals surface area contributed by atoms with Crippen LogP contribution >= 0.6 is 0 Å². The molecule has 0 amide bonds. The van der Waals surface area contributed by atoms with Crippen molar-refractivity contribution < 1.29 is 15.3 Å². The van der Waals surface area contributed by atoms with Gasteiger partial charge in [-0.3, -0.25) is 0 Å². The van der Waals surface area contributed by atoms with E-state index >= 15 is 0 Å². The van der Waals surface area contributed by atoms with Gasteiger partial charge in [-0.05, 0) is 35.4 Å². The average molecular weight is 269 g/mol. The lowest BCUT2D eigenvalue weighted by atomic mass is 10.1. The van der Waals surface area contributed by atoms with Gasteiger partial charge >= 0.3 is 0 Å². The molecule has 0 unspecified atom stereocenters. The molecule has 0 bridgehead atoms. The zero-order valence-corrected chi connectivity index (χ0v) is 11.0. The molecule has 2 aromatic rings. The van der Waals surface area contributed by atoms with Gasteiger partial charge in [0.05, 0.1) is 6.07 Å². The van der Waals surface area contributed by atoms with Gasteiger partial charge in [-0.25, -0.2) is 0 Å². The number of rotatable bonds is 2. The normalized spacial score (nSPS) is 9.60. The number of hydrogen-bond acceptors (Lipinski definition) is 4. The fourth-order valence-electron chi connectivity index (χ4n) is 1.49. The van der Waals surface area contributed by atoms with Crippen molar-refractivity contribution in [2.75, 3.05) is 0 Å². The van der Waals surface area contributed by atoms with Crippen molar-refractivity contribution in [2.24, 2.45) is 0 Å². The highest BCUT2D eigenvalue weighted by Crippen LogP contribution is 2.22. The second-order valence-electron chi connectivity index (χ2n) is 3.93. The van der Waals surface area contributed by atoms with E-state index in [9.17, 15) is 10.2 Å². The van der Waals surface area contributed by atoms with Gasteiger partial charge in [-0.1, -0.05) is 24.3 Å². The Labute approximate surface area is 117 Å². The van der Waals surface area contributed by atoms with Gasteiger partial charge in [-0.15, -0.1) is 0 Å². The van der Waals surface area contributed by atoms with Gasteiger partial charge in [0.25, 0.3) is 0 Å². The monoisotopic (exact) mass is 269 g/mol. The SMILES string of the molecule is CC#N.Oc1ccc(/C=C/c2cc(O)cc(O)c2)cc1. The first-order valence-electron chi connectivity index (χ1n) is 5.86. The molecule has 0 saturated carbocycles. The summed E-state index contributed by atoms with van der Waals surface area (Å²) in [5.74, 6) is 0.267. The third kappa shape index (κ3) is 5.15. The van der Waals surface area contributed by atoms with Crippen LogP contribution < -0.4 is 0 Å². The van der Waals surface area contributed by atoms with Crippen LogP contribution in [0.4, 0.5) is 0 Å². The number of nitrogens with zero attached hydrogens (tertiary/aromatic N) is 1. The summed E-state index contributed by atoms with van der Waals surface area (Å²) in [6.45, 7) is 1.43. The second-order valence-corrected chi connectivity index (χ2v) is 3.93. The molecule has 0 heterocycles. The lowest BCUT2D eigenvalue weighted by Gasteiger charge is -1.98. The standard InChI is InChI=1S/C14H12O3.C2H3N/c15-12-5-3-10(4-6-12)1-2-11-7-13(16)9-14(17)8-11;1-2-3/h1-9,15-17H;1H3/b2-1+;. The topological polar surface area (TPSA) is 84.5 Å². The van der Waals surface area contributed by atoms with E-state index in [1.165, 1.54) is 13.0 Å². The van der Waals surface area contributed by atoms with Crippen molar-refractivity contribution in [3.63, 3.8) is 0 Å². The summed E-state index contributed by atoms with van der Waals surface area (Å²) in [5, 5.41) is 35.0. The first-order valence-corrected chi connectivity index (χ1v) is 5.86. The van der Waals surface area contributed by atoms with E-state index < -0.39 is 0 Å². The predicted molar refractivity (Wildman–Crippen MR) is 78.1 cm³/mol. The molecule has 0 aliphatic carbocycles. The lowest BCUT2D eigenvalue weighted by Crippen LogP contribution is -1.74. The van der Waals surface area contributed by atoms with Gasteiger partial charge in [-0.2, -0.15) is 5.26 Å². The summed E-state index contributed by atoms with van der Waals surface area (Å²) >= 11 is 0. The molecule has 4 heteroatoms. The average Bonchev–Trinajstić information content (AvgIpc) is 2.38. The highest BCUT2D eigenvalue weighted by Gasteiger charge is 1.95. The van der Waals surface area contributed by atoms with Crippen molar-refractivity contribution in [1.82, 2.24) is 0 Å². The molecule has 3 N–H and O–H groups in total. The van der Waals surface area contributed by atoms with E-state index in [-0.39, 0.29) is 17.2 Å². The molecule has 2 aromatic carbocycles. The Bertz CT molecular complexity index is 605. The summed E-state index contributed by atoms with van der Waals surface area (Å²) in [6, 6.07) is 12.9. The van der Waals surface area contributed by atoms with Crippen LogP contribution in [0.25, 0.3) is 12.2 Å². The summed E-state index contributed by atoms with van der Waals surface area (Å²) in [7, 11) is 0. The number of phenolic OH excluding ortho intramolecular Hbond substituents is 3. The van der Waals surface area contributed by atoms with Crippen molar-refractivity contribution in [1.29, 1.82) is 5.26 Å². The molecule has 0 aromatic heterocycles. The fourth-order valence-corrected chi connectivity index (χ4v) is 1.49. The Morgan fingerprint density at radius 2 is 1.25 bits per heavy atom. The number of nitriles is 1. The molecule has 0 aliphatic rings. The van der Waals surface area contributed by atoms with Crippen LogP contribution in [0.3, 0.4) is 0 Å². The van der Waals surface area contributed by atoms with E-state index in [1.807, 2.05) is 6.08 Å². The summed E-state index contributed by atoms with van der Waals surface area (Å²) < 4.78 is 0. The number of hydrogen-bond donors (Lipinski definition) is 3. The quantitative estimate of drug-likeness (QED) is 0.728. The van der Waals surface area contributed by atoms with E-state index in [0.29, 0.717) is 5.56 Å². The van der Waals surface area contributed by atoms with E-state index in [0.717, 1.165) is 5.56 Å². The molecule has 4 nitrogen and oxygen atoms in total. The van der Waals surface area contributed by atoms with Crippen LogP contribution in [0.1, 0.15) is 18.1 Å². The second kappa shape index (κ2) is 7.49. The van der Waals surface area contributed by atoms with E-state index in [2.05, 4.69) is 0 Å². The maximum Gasteiger partial charge on any atom is 0.119 e. The summed E-state index contributed by atoms with van der Waals surface area (Å²) in [5.41, 5.74) is 1.63. The van der Waals surface area contributed by atoms with Crippen LogP contribution in [-0.4, -0.2) is 15.3 Å². The Morgan fingerprint density at radius 3 is 1.75 bits per heavy atom. The van der Waals surface area contributed by atoms with Gasteiger partial charge in [0.15, 0.2) is 0 Å². The first kappa shape index (κ1) is 15.1. The molecule has 2 rings (SSSR count). The van der Waals surface area contributed by atoms with Gasteiger partial charge in [0, 0.05) is 13.0 Å². The Hall–Kier alpha value is -2.93. The molecule has 20 heavy (non-hydrogen) atoms. The largest absolute Gasteiger partial charge is 0.508 e. The van der Waals surface area contributed by atoms with E-state index in [1.54, 1.807) is 48.5 Å². The molecule has 0 radical (unpaired) electrons. The number of phenols is 3. The van der Waals surface area contributed by atoms with Gasteiger partial charge < -0.3 is 15.3 Å². The van der Waals surface area contributed by atoms with Crippen molar-refractivity contribution in [2.45, 2.75) is 6.92 Å². The van der Waals surface area contributed by atoms with Gasteiger partial charge in [0.2, 0.25) is 0 Å². The summed E-state index contributed by atoms with van der Waals surface area (Å²) in [4.78, 5) is 0. The minimum atomic E-state index is 0.0235. The van der Waals surface area contributed by atoms with Crippen molar-refractivity contribution in [3.05, 3.63) is 53.6 Å². The maximum absolute atomic E-state index is 9.30. The molecule has 0 spiro atoms. The van der Waals surface area contributed by atoms with Gasteiger partial charge in [0.1, 0.15) is 17.2 Å². The number of benzene rings is 2. The Kier molecular flexibility index (Phi) is 5.67. The first-order chi connectivity index (χ1) is 9.55. The third-order valence-corrected chi connectivity index (χ3v) is 2.29. The molecular formula is C16H15NO3. The number of aromatic hydroxyl groups is 3. The van der Waals surface area contributed by atoms with Crippen LogP contribution in [0.15, 0.2) is 42.5 Å². The molecule has 0 fully saturated rings. The Morgan fingerprint density at radius 1 is 0.800 bits per heavy atom. The molecule has 0 atom stereocenters. The minimum Gasteiger partial charge on any atom is -0.508 e. The Balaban J connectivity index is 0.000000612. The highest BCUT2D eigenvalue weighted by atomic mass is 16.3. The van der Waals surface area contributed by atoms with E-state index in [4.69, 9.17) is 10.4 Å². The third-order valence-electron chi connectivity index (χ3n) is 2.29. The smallest absolute Gasteiger partial charge is 0.119 e. The molecule has 0 saturated heterocycles. The van der Waals surface area contributed by atoms with Crippen molar-refractivity contribution in [3.8, 4) is 23.3 Å². The zero-order chi connectivity index (χ0) is 15.0. The van der Waals surface area contributed by atoms with Crippen LogP contribution in [0.2, 0.25) is 0 Å². The zero-order valence-electron chi connectivity index (χ0n) is 11.0. The predicted octanol–water partition coefficient (Wildman–Crippen LogP) is 3.50. The molecular weight excluding hydrogens is 254 g/mol. The summed E-state index contributed by atoms with van der Waals surface area (Å²) in [6.07, 6.45) is 3.60. The fraction of sp³-hybridized carbons (Fsp3) is 0.0625. The highest BCUT2D eigenvalue weighted by molar-refractivity contribution is 5.71. The maximum atomic E-state index is 9.30. The molecule has 0 aliphatic heterocycles. The van der Waals surface area contributed by atoms with Crippen LogP contribution in [0, 0.1) is 11.3 Å². The van der Waals surface area contributed by atoms with Crippen LogP contribution in [-0.2, 0) is 0 Å².